The van der Waals surface area contributed by atoms with Gasteiger partial charge in [-0.1, -0.05) is 31.4 Å². The minimum absolute atomic E-state index is 0.599. The van der Waals surface area contributed by atoms with Gasteiger partial charge in [0, 0.05) is 4.50 Å². The predicted octanol–water partition coefficient (Wildman–Crippen LogP) is 2.37. The van der Waals surface area contributed by atoms with Crippen molar-refractivity contribution < 1.29 is 4.74 Å². The highest BCUT2D eigenvalue weighted by molar-refractivity contribution is 7.22. The lowest BCUT2D eigenvalue weighted by Gasteiger charge is -2.19. The molecule has 1 saturated heterocycles. The molecule has 3 heteroatoms. The number of hydrogen-bond donors (Lipinski definition) is 0. The average Bonchev–Trinajstić information content (AvgIpc) is 2.67. The van der Waals surface area contributed by atoms with E-state index in [-0.39, 0.29) is 0 Å². The van der Waals surface area contributed by atoms with E-state index in [9.17, 15) is 0 Å². The van der Waals surface area contributed by atoms with Crippen molar-refractivity contribution in [2.24, 2.45) is 0 Å². The van der Waals surface area contributed by atoms with Crippen molar-refractivity contribution in [2.45, 2.75) is 31.4 Å². The number of hydrogen-bond acceptors (Lipinski definition) is 2. The predicted molar refractivity (Wildman–Crippen MR) is 61.1 cm³/mol. The minimum Gasteiger partial charge on any atom is -0.496 e. The highest BCUT2D eigenvalue weighted by atomic mass is 32.1. The van der Waals surface area contributed by atoms with E-state index in [4.69, 9.17) is 4.74 Å². The molecule has 0 radical (unpaired) electrons. The van der Waals surface area contributed by atoms with Gasteiger partial charge in [0.05, 0.1) is 15.9 Å². The first-order valence-electron chi connectivity index (χ1n) is 5.03. The fraction of sp³-hybridized carbons (Fsp3) is 0.600. The second kappa shape index (κ2) is 4.29. The topological polar surface area (TPSA) is 9.23 Å². The Hall–Kier alpha value is -0.283. The van der Waals surface area contributed by atoms with Crippen LogP contribution in [0.15, 0.2) is 11.4 Å². The second-order valence-corrected chi connectivity index (χ2v) is 8.18. The Morgan fingerprint density at radius 3 is 2.77 bits per heavy atom. The van der Waals surface area contributed by atoms with E-state index in [1.54, 1.807) is 11.6 Å². The summed E-state index contributed by atoms with van der Waals surface area (Å²) in [5, 5.41) is 2.18. The van der Waals surface area contributed by atoms with Gasteiger partial charge in [-0.2, -0.15) is 0 Å². The van der Waals surface area contributed by atoms with Crippen molar-refractivity contribution in [3.8, 4) is 5.75 Å². The SMILES string of the molecule is COc1ccsc1[SiH]1CCCCC1. The Balaban J connectivity index is 2.13. The van der Waals surface area contributed by atoms with Gasteiger partial charge in [0.25, 0.3) is 0 Å². The summed E-state index contributed by atoms with van der Waals surface area (Å²) in [5.74, 6) is 1.17. The van der Waals surface area contributed by atoms with Gasteiger partial charge in [-0.25, -0.2) is 0 Å². The summed E-state index contributed by atoms with van der Waals surface area (Å²) in [5.41, 5.74) is 0. The van der Waals surface area contributed by atoms with E-state index in [0.717, 1.165) is 0 Å². The van der Waals surface area contributed by atoms with Crippen molar-refractivity contribution in [2.75, 3.05) is 7.11 Å². The Morgan fingerprint density at radius 1 is 1.31 bits per heavy atom. The fourth-order valence-corrected chi connectivity index (χ4v) is 7.45. The minimum atomic E-state index is -0.599. The molecule has 0 saturated carbocycles. The first kappa shape index (κ1) is 9.28. The lowest BCUT2D eigenvalue weighted by atomic mass is 10.3. The maximum atomic E-state index is 5.38. The summed E-state index contributed by atoms with van der Waals surface area (Å²) < 4.78 is 7.00. The van der Waals surface area contributed by atoms with Gasteiger partial charge >= 0.3 is 0 Å². The van der Waals surface area contributed by atoms with E-state index in [1.807, 2.05) is 11.3 Å². The van der Waals surface area contributed by atoms with E-state index >= 15 is 0 Å². The highest BCUT2D eigenvalue weighted by Crippen LogP contribution is 2.23. The monoisotopic (exact) mass is 212 g/mol. The highest BCUT2D eigenvalue weighted by Gasteiger charge is 2.21. The van der Waals surface area contributed by atoms with Crippen LogP contribution in [-0.4, -0.2) is 15.9 Å². The van der Waals surface area contributed by atoms with Gasteiger partial charge in [-0.15, -0.1) is 11.3 Å². The second-order valence-electron chi connectivity index (χ2n) is 3.69. The summed E-state index contributed by atoms with van der Waals surface area (Å²) in [4.78, 5) is 0. The van der Waals surface area contributed by atoms with E-state index in [2.05, 4.69) is 11.4 Å². The first-order chi connectivity index (χ1) is 6.42. The molecule has 0 aliphatic carbocycles. The molecule has 1 aliphatic rings. The molecule has 0 atom stereocenters. The summed E-state index contributed by atoms with van der Waals surface area (Å²) in [6.45, 7) is 0. The van der Waals surface area contributed by atoms with Crippen molar-refractivity contribution >= 4 is 24.6 Å². The van der Waals surface area contributed by atoms with Gasteiger partial charge < -0.3 is 4.74 Å². The molecular formula is C10H16OSSi. The van der Waals surface area contributed by atoms with Crippen molar-refractivity contribution in [3.63, 3.8) is 0 Å². The average molecular weight is 212 g/mol. The standard InChI is InChI=1S/C10H16OSSi/c1-11-9-5-6-12-10(9)13-7-3-2-4-8-13/h5-6,13H,2-4,7-8H2,1H3. The van der Waals surface area contributed by atoms with E-state index in [1.165, 1.54) is 37.1 Å². The van der Waals surface area contributed by atoms with Crippen LogP contribution < -0.4 is 9.24 Å². The first-order valence-corrected chi connectivity index (χ1v) is 8.12. The molecular weight excluding hydrogens is 196 g/mol. The van der Waals surface area contributed by atoms with E-state index < -0.39 is 8.80 Å². The Bertz CT molecular complexity index is 266. The van der Waals surface area contributed by atoms with Gasteiger partial charge in [0.15, 0.2) is 0 Å². The normalized spacial score (nSPS) is 18.8. The van der Waals surface area contributed by atoms with Crippen LogP contribution in [0.1, 0.15) is 19.3 Å². The maximum Gasteiger partial charge on any atom is 0.128 e. The largest absolute Gasteiger partial charge is 0.496 e. The van der Waals surface area contributed by atoms with Crippen molar-refractivity contribution in [3.05, 3.63) is 11.4 Å². The Kier molecular flexibility index (Phi) is 3.06. The molecule has 1 aromatic rings. The molecule has 2 rings (SSSR count). The molecule has 0 amide bonds. The molecule has 13 heavy (non-hydrogen) atoms. The van der Waals surface area contributed by atoms with E-state index in [0.29, 0.717) is 0 Å². The zero-order chi connectivity index (χ0) is 9.10. The molecule has 0 aromatic carbocycles. The molecule has 0 unspecified atom stereocenters. The van der Waals surface area contributed by atoms with Crippen LogP contribution in [-0.2, 0) is 0 Å². The molecule has 1 aromatic heterocycles. The number of ether oxygens (including phenoxy) is 1. The van der Waals surface area contributed by atoms with Crippen molar-refractivity contribution in [1.29, 1.82) is 0 Å². The quantitative estimate of drug-likeness (QED) is 0.684. The summed E-state index contributed by atoms with van der Waals surface area (Å²) in [7, 11) is 1.20. The van der Waals surface area contributed by atoms with Crippen molar-refractivity contribution in [1.82, 2.24) is 0 Å². The van der Waals surface area contributed by atoms with Crippen LogP contribution in [0, 0.1) is 0 Å². The van der Waals surface area contributed by atoms with Gasteiger partial charge in [0.2, 0.25) is 0 Å². The molecule has 1 nitrogen and oxygen atoms in total. The van der Waals surface area contributed by atoms with Crippen LogP contribution >= 0.6 is 11.3 Å². The van der Waals surface area contributed by atoms with Crippen LogP contribution in [0.4, 0.5) is 0 Å². The smallest absolute Gasteiger partial charge is 0.128 e. The molecule has 2 heterocycles. The maximum absolute atomic E-state index is 5.38. The van der Waals surface area contributed by atoms with Gasteiger partial charge in [-0.05, 0) is 11.4 Å². The molecule has 0 N–H and O–H groups in total. The number of methoxy groups -OCH3 is 1. The van der Waals surface area contributed by atoms with Crippen LogP contribution in [0.3, 0.4) is 0 Å². The third-order valence-electron chi connectivity index (χ3n) is 2.85. The summed E-state index contributed by atoms with van der Waals surface area (Å²) in [6.07, 6.45) is 4.37. The lowest BCUT2D eigenvalue weighted by molar-refractivity contribution is 0.419. The molecule has 72 valence electrons. The Morgan fingerprint density at radius 2 is 2.08 bits per heavy atom. The van der Waals surface area contributed by atoms with Crippen LogP contribution in [0.5, 0.6) is 5.75 Å². The summed E-state index contributed by atoms with van der Waals surface area (Å²) >= 11 is 1.92. The number of rotatable bonds is 2. The van der Waals surface area contributed by atoms with Gasteiger partial charge in [-0.3, -0.25) is 0 Å². The van der Waals surface area contributed by atoms with Crippen LogP contribution in [0.25, 0.3) is 0 Å². The molecule has 0 spiro atoms. The zero-order valence-corrected chi connectivity index (χ0v) is 10.1. The fourth-order valence-electron chi connectivity index (χ4n) is 2.14. The third kappa shape index (κ3) is 1.97. The van der Waals surface area contributed by atoms with Gasteiger partial charge in [0.1, 0.15) is 5.75 Å². The summed E-state index contributed by atoms with van der Waals surface area (Å²) in [6, 6.07) is 5.12. The lowest BCUT2D eigenvalue weighted by Crippen LogP contribution is -2.30. The van der Waals surface area contributed by atoms with Crippen LogP contribution in [0.2, 0.25) is 12.1 Å². The third-order valence-corrected chi connectivity index (χ3v) is 8.23. The molecule has 1 fully saturated rings. The zero-order valence-electron chi connectivity index (χ0n) is 8.08. The molecule has 0 bridgehead atoms. The molecule has 1 aliphatic heterocycles. The number of thiophene rings is 1. The Labute approximate surface area is 85.3 Å².